The average Bonchev–Trinajstić information content (AvgIpc) is 3.01. The van der Waals surface area contributed by atoms with E-state index in [1.807, 2.05) is 34.6 Å². The Morgan fingerprint density at radius 3 is 2.40 bits per heavy atom. The highest BCUT2D eigenvalue weighted by Crippen LogP contribution is 2.45. The lowest BCUT2D eigenvalue weighted by Crippen LogP contribution is -2.72. The fraction of sp³-hybridized carbons (Fsp3) is 0.355. The normalized spacial score (nSPS) is 20.1. The molecule has 3 atom stereocenters. The molecule has 11 heteroatoms. The number of carbonyl (C=O) groups is 2. The predicted molar refractivity (Wildman–Crippen MR) is 164 cm³/mol. The van der Waals surface area contributed by atoms with E-state index in [1.165, 1.54) is 6.07 Å². The third-order valence-electron chi connectivity index (χ3n) is 7.26. The molecule has 0 aliphatic carbocycles. The standard InChI is InChI=1S/C31H34Cl2N2O6S/c1-6-20-15-19(2)11-14-26(20)42(39,40)34-29(30(37)38)35(18-31(3,4)5)25-13-12-21(32)16-23(25)28(41-17-27(35)36)22-9-7-8-10-24(22)33/h7-16,28-29,34H,6,17-18H2,1-5H3/p+1/t28-,29-,35+/m1/s1. The summed E-state index contributed by atoms with van der Waals surface area (Å²) in [4.78, 5) is 27.5. The van der Waals surface area contributed by atoms with Crippen molar-refractivity contribution in [1.82, 2.24) is 9.21 Å². The Hall–Kier alpha value is -2.79. The molecule has 0 saturated carbocycles. The summed E-state index contributed by atoms with van der Waals surface area (Å²) in [6.07, 6.45) is -2.39. The van der Waals surface area contributed by atoms with Crippen molar-refractivity contribution in [3.8, 4) is 0 Å². The summed E-state index contributed by atoms with van der Waals surface area (Å²) in [6.45, 7) is 8.67. The van der Waals surface area contributed by atoms with Crippen LogP contribution in [0.4, 0.5) is 5.69 Å². The molecule has 3 aromatic carbocycles. The molecular weight excluding hydrogens is 599 g/mol. The summed E-state index contributed by atoms with van der Waals surface area (Å²) >= 11 is 13.0. The number of nitrogens with one attached hydrogen (secondary N) is 1. The quantitative estimate of drug-likeness (QED) is 0.284. The van der Waals surface area contributed by atoms with E-state index in [0.717, 1.165) is 5.56 Å². The number of rotatable bonds is 8. The van der Waals surface area contributed by atoms with Crippen LogP contribution in [-0.4, -0.2) is 44.7 Å². The van der Waals surface area contributed by atoms with Gasteiger partial charge in [-0.3, -0.25) is 0 Å². The molecule has 3 aromatic rings. The number of carbonyl (C=O) groups excluding carboxylic acids is 1. The Morgan fingerprint density at radius 2 is 1.79 bits per heavy atom. The van der Waals surface area contributed by atoms with Gasteiger partial charge in [0.25, 0.3) is 6.17 Å². The third-order valence-corrected chi connectivity index (χ3v) is 9.35. The topological polar surface area (TPSA) is 110 Å². The van der Waals surface area contributed by atoms with Gasteiger partial charge in [0, 0.05) is 32.7 Å². The number of aryl methyl sites for hydroxylation is 2. The number of quaternary nitrogens is 1. The van der Waals surface area contributed by atoms with Crippen LogP contribution < -0.4 is 9.21 Å². The van der Waals surface area contributed by atoms with Crippen molar-refractivity contribution in [3.63, 3.8) is 0 Å². The molecule has 0 saturated heterocycles. The number of benzene rings is 3. The van der Waals surface area contributed by atoms with E-state index in [1.54, 1.807) is 54.6 Å². The second kappa shape index (κ2) is 12.1. The van der Waals surface area contributed by atoms with E-state index in [0.29, 0.717) is 33.2 Å². The molecule has 4 rings (SSSR count). The van der Waals surface area contributed by atoms with Crippen LogP contribution in [-0.2, 0) is 30.8 Å². The number of amides is 1. The first-order valence-electron chi connectivity index (χ1n) is 13.5. The highest BCUT2D eigenvalue weighted by Gasteiger charge is 2.57. The molecule has 1 aliphatic rings. The van der Waals surface area contributed by atoms with E-state index < -0.39 is 50.7 Å². The number of halogens is 2. The van der Waals surface area contributed by atoms with E-state index in [2.05, 4.69) is 4.72 Å². The van der Waals surface area contributed by atoms with Crippen molar-refractivity contribution < 1.29 is 27.9 Å². The van der Waals surface area contributed by atoms with Crippen molar-refractivity contribution in [3.05, 3.63) is 93.0 Å². The summed E-state index contributed by atoms with van der Waals surface area (Å²) in [7, 11) is -4.41. The number of sulfonamides is 1. The number of carboxylic acid groups (broad SMARTS) is 1. The SMILES string of the molecule is CCc1cc(C)ccc1S(=O)(=O)N[C@@H](C(=O)O)[N@+]1(CC(C)(C)C)C(=O)CO[C@H](c2ccccc2Cl)c2cc(Cl)ccc21. The van der Waals surface area contributed by atoms with Gasteiger partial charge in [0.05, 0.1) is 11.4 Å². The fourth-order valence-corrected chi connectivity index (χ4v) is 7.53. The zero-order valence-electron chi connectivity index (χ0n) is 24.1. The lowest BCUT2D eigenvalue weighted by atomic mass is 9.91. The maximum atomic E-state index is 14.3. The van der Waals surface area contributed by atoms with E-state index in [4.69, 9.17) is 27.9 Å². The molecule has 1 heterocycles. The third kappa shape index (κ3) is 6.27. The van der Waals surface area contributed by atoms with Gasteiger partial charge in [-0.2, -0.15) is 0 Å². The molecule has 0 unspecified atom stereocenters. The number of hydrogen-bond acceptors (Lipinski definition) is 5. The van der Waals surface area contributed by atoms with Crippen molar-refractivity contribution in [2.24, 2.45) is 5.41 Å². The lowest BCUT2D eigenvalue weighted by Gasteiger charge is -2.43. The maximum absolute atomic E-state index is 14.3. The summed E-state index contributed by atoms with van der Waals surface area (Å²) in [5, 5.41) is 11.4. The van der Waals surface area contributed by atoms with Gasteiger partial charge < -0.3 is 9.84 Å². The van der Waals surface area contributed by atoms with E-state index in [9.17, 15) is 23.1 Å². The van der Waals surface area contributed by atoms with E-state index in [-0.39, 0.29) is 17.1 Å². The van der Waals surface area contributed by atoms with Crippen molar-refractivity contribution in [2.45, 2.75) is 58.2 Å². The Labute approximate surface area is 256 Å². The zero-order chi connectivity index (χ0) is 31.0. The molecule has 0 fully saturated rings. The van der Waals surface area contributed by atoms with Crippen LogP contribution in [0.3, 0.4) is 0 Å². The predicted octanol–water partition coefficient (Wildman–Crippen LogP) is 6.25. The van der Waals surface area contributed by atoms with Crippen LogP contribution in [0.5, 0.6) is 0 Å². The highest BCUT2D eigenvalue weighted by atomic mass is 35.5. The molecule has 0 aromatic heterocycles. The van der Waals surface area contributed by atoms with Gasteiger partial charge in [0.1, 0.15) is 11.8 Å². The lowest BCUT2D eigenvalue weighted by molar-refractivity contribution is -0.152. The van der Waals surface area contributed by atoms with Gasteiger partial charge in [-0.15, -0.1) is 4.72 Å². The molecule has 8 nitrogen and oxygen atoms in total. The minimum Gasteiger partial charge on any atom is -0.476 e. The first kappa shape index (κ1) is 32.1. The number of hydrogen-bond donors (Lipinski definition) is 2. The van der Waals surface area contributed by atoms with Crippen LogP contribution in [0, 0.1) is 12.3 Å². The minimum absolute atomic E-state index is 0.0421. The van der Waals surface area contributed by atoms with Crippen LogP contribution in [0.15, 0.2) is 65.6 Å². The first-order valence-corrected chi connectivity index (χ1v) is 15.8. The molecule has 224 valence electrons. The summed E-state index contributed by atoms with van der Waals surface area (Å²) < 4.78 is 35.5. The highest BCUT2D eigenvalue weighted by molar-refractivity contribution is 7.89. The van der Waals surface area contributed by atoms with Gasteiger partial charge in [0.2, 0.25) is 10.0 Å². The summed E-state index contributed by atoms with van der Waals surface area (Å²) in [5.74, 6) is -2.14. The average molecular weight is 635 g/mol. The number of carboxylic acids is 1. The van der Waals surface area contributed by atoms with Crippen LogP contribution in [0.25, 0.3) is 0 Å². The fourth-order valence-electron chi connectivity index (χ4n) is 5.62. The van der Waals surface area contributed by atoms with Gasteiger partial charge in [0.15, 0.2) is 6.61 Å². The molecule has 0 bridgehead atoms. The van der Waals surface area contributed by atoms with Crippen molar-refractivity contribution in [1.29, 1.82) is 0 Å². The first-order chi connectivity index (χ1) is 19.6. The Morgan fingerprint density at radius 1 is 1.10 bits per heavy atom. The molecule has 0 radical (unpaired) electrons. The van der Waals surface area contributed by atoms with Crippen LogP contribution in [0.1, 0.15) is 56.1 Å². The maximum Gasteiger partial charge on any atom is 0.381 e. The smallest absolute Gasteiger partial charge is 0.381 e. The zero-order valence-corrected chi connectivity index (χ0v) is 26.5. The second-order valence-electron chi connectivity index (χ2n) is 11.7. The number of aliphatic carboxylic acids is 1. The molecule has 0 spiro atoms. The molecule has 2 N–H and O–H groups in total. The van der Waals surface area contributed by atoms with Gasteiger partial charge in [-0.05, 0) is 43.2 Å². The molecule has 42 heavy (non-hydrogen) atoms. The Kier molecular flexibility index (Phi) is 9.23. The Balaban J connectivity index is 2.02. The second-order valence-corrected chi connectivity index (χ2v) is 14.2. The van der Waals surface area contributed by atoms with Crippen molar-refractivity contribution >= 4 is 50.8 Å². The Bertz CT molecular complexity index is 1640. The van der Waals surface area contributed by atoms with Gasteiger partial charge in [-0.1, -0.05) is 86.8 Å². The van der Waals surface area contributed by atoms with Crippen LogP contribution in [0.2, 0.25) is 10.0 Å². The number of nitrogens with zero attached hydrogens (tertiary/aromatic N) is 1. The van der Waals surface area contributed by atoms with Crippen LogP contribution >= 0.6 is 23.2 Å². The van der Waals surface area contributed by atoms with Gasteiger partial charge >= 0.3 is 11.9 Å². The molecular formula is C31H35Cl2N2O6S+. The number of fused-ring (bicyclic) bond motifs is 1. The minimum atomic E-state index is -4.41. The summed E-state index contributed by atoms with van der Waals surface area (Å²) in [6, 6.07) is 16.6. The monoisotopic (exact) mass is 633 g/mol. The molecule has 1 amide bonds. The van der Waals surface area contributed by atoms with Gasteiger partial charge in [-0.25, -0.2) is 22.5 Å². The largest absolute Gasteiger partial charge is 0.476 e. The van der Waals surface area contributed by atoms with Crippen molar-refractivity contribution in [2.75, 3.05) is 13.2 Å². The van der Waals surface area contributed by atoms with E-state index >= 15 is 0 Å². The summed E-state index contributed by atoms with van der Waals surface area (Å²) in [5.41, 5.74) is 2.00. The molecule has 1 aliphatic heterocycles. The number of ether oxygens (including phenoxy) is 1.